The summed E-state index contributed by atoms with van der Waals surface area (Å²) in [6, 6.07) is 7.23. The summed E-state index contributed by atoms with van der Waals surface area (Å²) < 4.78 is 5.28. The maximum atomic E-state index is 5.28. The van der Waals surface area contributed by atoms with Crippen molar-refractivity contribution in [3.63, 3.8) is 0 Å². The van der Waals surface area contributed by atoms with Crippen LogP contribution >= 0.6 is 0 Å². The number of aryl methyl sites for hydroxylation is 1. The Morgan fingerprint density at radius 1 is 1.53 bits per heavy atom. The lowest BCUT2D eigenvalue weighted by Gasteiger charge is -2.28. The molecule has 2 atom stereocenters. The van der Waals surface area contributed by atoms with E-state index >= 15 is 0 Å². The van der Waals surface area contributed by atoms with E-state index in [0.29, 0.717) is 12.1 Å². The molecule has 1 aliphatic carbocycles. The lowest BCUT2D eigenvalue weighted by Crippen LogP contribution is -2.31. The summed E-state index contributed by atoms with van der Waals surface area (Å²) in [5.41, 5.74) is 2.84. The van der Waals surface area contributed by atoms with Crippen LogP contribution in [-0.4, -0.2) is 13.2 Å². The summed E-state index contributed by atoms with van der Waals surface area (Å²) in [5.74, 6) is 0.959. The van der Waals surface area contributed by atoms with E-state index in [4.69, 9.17) is 4.74 Å². The van der Waals surface area contributed by atoms with Gasteiger partial charge in [-0.05, 0) is 49.4 Å². The first kappa shape index (κ1) is 12.2. The van der Waals surface area contributed by atoms with E-state index in [1.165, 1.54) is 24.0 Å². The Morgan fingerprint density at radius 2 is 2.35 bits per heavy atom. The SMILES string of the molecule is C=CC(C)NC1CCCc2cc(OC)ccc21. The average molecular weight is 231 g/mol. The molecule has 2 heteroatoms. The Hall–Kier alpha value is -1.28. The topological polar surface area (TPSA) is 21.3 Å². The van der Waals surface area contributed by atoms with Gasteiger partial charge in [-0.1, -0.05) is 12.1 Å². The van der Waals surface area contributed by atoms with Gasteiger partial charge in [0.2, 0.25) is 0 Å². The van der Waals surface area contributed by atoms with Crippen LogP contribution in [0, 0.1) is 0 Å². The van der Waals surface area contributed by atoms with E-state index in [-0.39, 0.29) is 0 Å². The Bertz CT molecular complexity index is 400. The molecule has 0 saturated carbocycles. The molecule has 0 aliphatic heterocycles. The van der Waals surface area contributed by atoms with Crippen molar-refractivity contribution in [2.45, 2.75) is 38.3 Å². The van der Waals surface area contributed by atoms with E-state index < -0.39 is 0 Å². The first-order valence-corrected chi connectivity index (χ1v) is 6.30. The minimum absolute atomic E-state index is 0.355. The van der Waals surface area contributed by atoms with Crippen LogP contribution in [0.2, 0.25) is 0 Å². The Kier molecular flexibility index (Phi) is 3.85. The number of methoxy groups -OCH3 is 1. The van der Waals surface area contributed by atoms with E-state index in [1.54, 1.807) is 7.11 Å². The van der Waals surface area contributed by atoms with E-state index in [1.807, 2.05) is 6.08 Å². The second-order valence-electron chi connectivity index (χ2n) is 4.70. The lowest BCUT2D eigenvalue weighted by atomic mass is 9.87. The van der Waals surface area contributed by atoms with E-state index in [9.17, 15) is 0 Å². The zero-order valence-electron chi connectivity index (χ0n) is 10.7. The Balaban J connectivity index is 2.22. The molecule has 0 aromatic heterocycles. The molecule has 1 aromatic carbocycles. The first-order valence-electron chi connectivity index (χ1n) is 6.30. The van der Waals surface area contributed by atoms with Gasteiger partial charge in [0.1, 0.15) is 5.75 Å². The molecule has 1 N–H and O–H groups in total. The summed E-state index contributed by atoms with van der Waals surface area (Å²) in [6.45, 7) is 5.97. The van der Waals surface area contributed by atoms with Gasteiger partial charge in [0.15, 0.2) is 0 Å². The van der Waals surface area contributed by atoms with Gasteiger partial charge in [-0.15, -0.1) is 6.58 Å². The molecule has 0 heterocycles. The maximum Gasteiger partial charge on any atom is 0.119 e. The lowest BCUT2D eigenvalue weighted by molar-refractivity contribution is 0.409. The summed E-state index contributed by atoms with van der Waals surface area (Å²) >= 11 is 0. The zero-order chi connectivity index (χ0) is 12.3. The molecule has 0 fully saturated rings. The smallest absolute Gasteiger partial charge is 0.119 e. The quantitative estimate of drug-likeness (QED) is 0.803. The third kappa shape index (κ3) is 2.70. The standard InChI is InChI=1S/C15H21NO/c1-4-11(2)16-15-7-5-6-12-10-13(17-3)8-9-14(12)15/h4,8-11,15-16H,1,5-7H2,2-3H3. The van der Waals surface area contributed by atoms with Gasteiger partial charge in [-0.2, -0.15) is 0 Å². The summed E-state index contributed by atoms with van der Waals surface area (Å²) in [6.07, 6.45) is 5.56. The van der Waals surface area contributed by atoms with Crippen molar-refractivity contribution in [1.29, 1.82) is 0 Å². The van der Waals surface area contributed by atoms with Gasteiger partial charge in [0.25, 0.3) is 0 Å². The molecule has 1 aromatic rings. The highest BCUT2D eigenvalue weighted by atomic mass is 16.5. The third-order valence-corrected chi connectivity index (χ3v) is 3.48. The van der Waals surface area contributed by atoms with Crippen LogP contribution in [0.25, 0.3) is 0 Å². The minimum Gasteiger partial charge on any atom is -0.497 e. The Labute approximate surface area is 104 Å². The molecule has 17 heavy (non-hydrogen) atoms. The van der Waals surface area contributed by atoms with Crippen LogP contribution in [-0.2, 0) is 6.42 Å². The van der Waals surface area contributed by atoms with Gasteiger partial charge in [0, 0.05) is 12.1 Å². The molecule has 1 aliphatic rings. The normalized spacial score (nSPS) is 20.5. The highest BCUT2D eigenvalue weighted by molar-refractivity contribution is 5.39. The molecule has 2 rings (SSSR count). The van der Waals surface area contributed by atoms with Crippen LogP contribution < -0.4 is 10.1 Å². The minimum atomic E-state index is 0.355. The van der Waals surface area contributed by atoms with Crippen LogP contribution in [0.3, 0.4) is 0 Å². The predicted molar refractivity (Wildman–Crippen MR) is 71.5 cm³/mol. The molecular formula is C15H21NO. The van der Waals surface area contributed by atoms with E-state index in [2.05, 4.69) is 37.0 Å². The van der Waals surface area contributed by atoms with Gasteiger partial charge in [-0.3, -0.25) is 0 Å². The molecular weight excluding hydrogens is 210 g/mol. The van der Waals surface area contributed by atoms with Gasteiger partial charge in [-0.25, -0.2) is 0 Å². The number of rotatable bonds is 4. The molecule has 2 unspecified atom stereocenters. The number of fused-ring (bicyclic) bond motifs is 1. The van der Waals surface area contributed by atoms with Crippen LogP contribution in [0.1, 0.15) is 36.9 Å². The van der Waals surface area contributed by atoms with Crippen molar-refractivity contribution in [2.75, 3.05) is 7.11 Å². The average Bonchev–Trinajstić information content (AvgIpc) is 2.38. The Morgan fingerprint density at radius 3 is 3.06 bits per heavy atom. The highest BCUT2D eigenvalue weighted by Crippen LogP contribution is 2.32. The second-order valence-corrected chi connectivity index (χ2v) is 4.70. The summed E-state index contributed by atoms with van der Waals surface area (Å²) in [5, 5.41) is 3.60. The van der Waals surface area contributed by atoms with Crippen molar-refractivity contribution in [3.05, 3.63) is 42.0 Å². The van der Waals surface area contributed by atoms with Crippen LogP contribution in [0.15, 0.2) is 30.9 Å². The zero-order valence-corrected chi connectivity index (χ0v) is 10.7. The monoisotopic (exact) mass is 231 g/mol. The first-order chi connectivity index (χ1) is 8.24. The molecule has 0 spiro atoms. The van der Waals surface area contributed by atoms with Gasteiger partial charge >= 0.3 is 0 Å². The summed E-state index contributed by atoms with van der Waals surface area (Å²) in [4.78, 5) is 0. The number of ether oxygens (including phenoxy) is 1. The van der Waals surface area contributed by atoms with Crippen LogP contribution in [0.5, 0.6) is 5.75 Å². The van der Waals surface area contributed by atoms with Crippen molar-refractivity contribution >= 4 is 0 Å². The number of nitrogens with one attached hydrogen (secondary N) is 1. The number of hydrogen-bond donors (Lipinski definition) is 1. The fraction of sp³-hybridized carbons (Fsp3) is 0.467. The maximum absolute atomic E-state index is 5.28. The second kappa shape index (κ2) is 5.37. The highest BCUT2D eigenvalue weighted by Gasteiger charge is 2.20. The van der Waals surface area contributed by atoms with Crippen LogP contribution in [0.4, 0.5) is 0 Å². The van der Waals surface area contributed by atoms with Crippen molar-refractivity contribution in [1.82, 2.24) is 5.32 Å². The van der Waals surface area contributed by atoms with Crippen molar-refractivity contribution in [3.8, 4) is 5.75 Å². The molecule has 92 valence electrons. The fourth-order valence-electron chi connectivity index (χ4n) is 2.48. The van der Waals surface area contributed by atoms with Crippen molar-refractivity contribution in [2.24, 2.45) is 0 Å². The molecule has 2 nitrogen and oxygen atoms in total. The number of hydrogen-bond acceptors (Lipinski definition) is 2. The molecule has 0 bridgehead atoms. The summed E-state index contributed by atoms with van der Waals surface area (Å²) in [7, 11) is 1.72. The van der Waals surface area contributed by atoms with Gasteiger partial charge < -0.3 is 10.1 Å². The largest absolute Gasteiger partial charge is 0.497 e. The molecule has 0 radical (unpaired) electrons. The molecule has 0 amide bonds. The number of benzene rings is 1. The molecule has 0 saturated heterocycles. The predicted octanol–water partition coefficient (Wildman–Crippen LogP) is 3.24. The fourth-order valence-corrected chi connectivity index (χ4v) is 2.48. The third-order valence-electron chi connectivity index (χ3n) is 3.48. The van der Waals surface area contributed by atoms with E-state index in [0.717, 1.165) is 12.2 Å². The van der Waals surface area contributed by atoms with Gasteiger partial charge in [0.05, 0.1) is 7.11 Å². The van der Waals surface area contributed by atoms with Crippen molar-refractivity contribution < 1.29 is 4.74 Å².